The van der Waals surface area contributed by atoms with E-state index in [0.29, 0.717) is 107 Å². The fourth-order valence-corrected chi connectivity index (χ4v) is 9.71. The summed E-state index contributed by atoms with van der Waals surface area (Å²) in [5.41, 5.74) is 1.52. The molecule has 12 N–H and O–H groups in total. The fourth-order valence-electron chi connectivity index (χ4n) is 9.71. The van der Waals surface area contributed by atoms with Gasteiger partial charge in [0.05, 0.1) is 31.9 Å². The number of nitrogens with one attached hydrogen (secondary N) is 5. The molecule has 81 heavy (non-hydrogen) atoms. The molecule has 2 saturated heterocycles. The van der Waals surface area contributed by atoms with E-state index in [9.17, 15) is 63.9 Å². The van der Waals surface area contributed by atoms with Gasteiger partial charge in [-0.05, 0) is 87.8 Å². The molecule has 450 valence electrons. The Hall–Kier alpha value is -7.43. The van der Waals surface area contributed by atoms with Crippen LogP contribution in [0, 0.1) is 5.92 Å². The summed E-state index contributed by atoms with van der Waals surface area (Å²) in [6, 6.07) is 5.00. The van der Waals surface area contributed by atoms with E-state index in [0.717, 1.165) is 50.5 Å². The molecule has 0 spiro atoms. The SMILES string of the molecule is C=C(O)CN1CCN(CC(=O)O)CCN(CC(=O)O)CCN(CC(=O)O)C(Cc2ccc(Nc3nc(NCCCCCCCC(=O)NCCCCC(NC(=O)NCC(=O)O)C(=O)O)nc(N4CCC(CCCC(=O)O)CC4)n3)cc2)C1. The molecule has 2 atom stereocenters. The number of urea groups is 1. The lowest BCUT2D eigenvalue weighted by Gasteiger charge is -2.38. The van der Waals surface area contributed by atoms with Crippen LogP contribution in [0.2, 0.25) is 0 Å². The van der Waals surface area contributed by atoms with Crippen LogP contribution in [0.15, 0.2) is 36.6 Å². The van der Waals surface area contributed by atoms with Crippen LogP contribution in [0.4, 0.5) is 28.3 Å². The number of anilines is 4. The largest absolute Gasteiger partial charge is 0.512 e. The van der Waals surface area contributed by atoms with Crippen molar-refractivity contribution in [3.63, 3.8) is 0 Å². The van der Waals surface area contributed by atoms with Gasteiger partial charge in [-0.25, -0.2) is 9.59 Å². The number of carbonyl (C=O) groups is 8. The second-order valence-corrected chi connectivity index (χ2v) is 20.6. The number of aliphatic hydroxyl groups is 1. The van der Waals surface area contributed by atoms with E-state index >= 15 is 0 Å². The standard InChI is InChI=1S/C53H83N13O15/c1-37(67)32-64-27-26-62(34-46(73)74)24-25-63(35-47(75)76)28-29-66(36-48(77)78)41(33-64)30-39-14-16-40(17-15-39)57-51-59-50(60-52(61-51)65-22-18-38(19-23-65)10-9-13-44(69)70)55-21-7-4-2-3-5-12-43(68)54-20-8-6-11-42(49(79)80)58-53(81)56-31-45(71)72/h14-17,38,41-42,67H,1-13,18-36H2,(H,54,68)(H,69,70)(H,71,72)(H,73,74)(H,75,76)(H,77,78)(H,79,80)(H2,56,58,81)(H2,55,57,59,60,61). The zero-order chi connectivity index (χ0) is 59.1. The van der Waals surface area contributed by atoms with Crippen LogP contribution >= 0.6 is 0 Å². The summed E-state index contributed by atoms with van der Waals surface area (Å²) in [6.45, 7) is 6.30. The Bertz CT molecular complexity index is 2360. The minimum atomic E-state index is -1.26. The minimum absolute atomic E-state index is 0.0723. The van der Waals surface area contributed by atoms with Crippen LogP contribution in [0.5, 0.6) is 0 Å². The van der Waals surface area contributed by atoms with E-state index in [2.05, 4.69) is 38.1 Å². The van der Waals surface area contributed by atoms with Crippen molar-refractivity contribution in [1.29, 1.82) is 0 Å². The summed E-state index contributed by atoms with van der Waals surface area (Å²) in [7, 11) is 0. The molecule has 2 fully saturated rings. The van der Waals surface area contributed by atoms with Crippen LogP contribution < -0.4 is 31.5 Å². The van der Waals surface area contributed by atoms with Crippen molar-refractivity contribution in [1.82, 2.24) is 50.5 Å². The molecule has 0 radical (unpaired) electrons. The second kappa shape index (κ2) is 36.0. The summed E-state index contributed by atoms with van der Waals surface area (Å²) >= 11 is 0. The van der Waals surface area contributed by atoms with E-state index in [1.54, 1.807) is 14.7 Å². The first-order valence-electron chi connectivity index (χ1n) is 27.7. The Morgan fingerprint density at radius 3 is 1.81 bits per heavy atom. The van der Waals surface area contributed by atoms with Gasteiger partial charge >= 0.3 is 41.8 Å². The highest BCUT2D eigenvalue weighted by molar-refractivity contribution is 5.84. The van der Waals surface area contributed by atoms with E-state index in [4.69, 9.17) is 25.2 Å². The molecule has 2 aliphatic rings. The summed E-state index contributed by atoms with van der Waals surface area (Å²) in [5, 5.41) is 80.7. The lowest BCUT2D eigenvalue weighted by atomic mass is 9.92. The molecule has 2 aromatic rings. The number of hydrogen-bond donors (Lipinski definition) is 12. The van der Waals surface area contributed by atoms with Crippen molar-refractivity contribution in [2.45, 2.75) is 108 Å². The van der Waals surface area contributed by atoms with Crippen LogP contribution in [-0.2, 0) is 40.0 Å². The number of nitrogens with zero attached hydrogens (tertiary/aromatic N) is 8. The molecule has 3 heterocycles. The maximum absolute atomic E-state index is 12.4. The molecule has 28 heteroatoms. The molecule has 1 aromatic heterocycles. The number of carboxylic acids is 6. The average Bonchev–Trinajstić information content (AvgIpc) is 3.43. The molecule has 4 rings (SSSR count). The number of rotatable bonds is 35. The van der Waals surface area contributed by atoms with Crippen LogP contribution in [0.3, 0.4) is 0 Å². The quantitative estimate of drug-likeness (QED) is 0.0348. The first-order valence-corrected chi connectivity index (χ1v) is 27.7. The molecule has 0 saturated carbocycles. The van der Waals surface area contributed by atoms with Crippen molar-refractivity contribution >= 4 is 71.3 Å². The van der Waals surface area contributed by atoms with E-state index in [1.165, 1.54) is 0 Å². The number of unbranched alkanes of at least 4 members (excludes halogenated alkanes) is 5. The summed E-state index contributed by atoms with van der Waals surface area (Å²) in [6.07, 6.45) is 9.12. The number of benzene rings is 1. The van der Waals surface area contributed by atoms with E-state index in [1.807, 2.05) is 29.2 Å². The Morgan fingerprint density at radius 1 is 0.593 bits per heavy atom. The lowest BCUT2D eigenvalue weighted by molar-refractivity contribution is -0.141. The number of aliphatic hydroxyl groups excluding tert-OH is 1. The third kappa shape index (κ3) is 28.0. The molecule has 0 aliphatic carbocycles. The maximum Gasteiger partial charge on any atom is 0.326 e. The fraction of sp³-hybridized carbons (Fsp3) is 0.642. The van der Waals surface area contributed by atoms with Gasteiger partial charge in [0.1, 0.15) is 12.6 Å². The first kappa shape index (κ1) is 66.1. The number of hydrogen-bond acceptors (Lipinski definition) is 19. The summed E-state index contributed by atoms with van der Waals surface area (Å²) in [4.78, 5) is 117. The molecule has 28 nitrogen and oxygen atoms in total. The molecular formula is C53H83N13O15. The second-order valence-electron chi connectivity index (χ2n) is 20.6. The maximum atomic E-state index is 12.4. The van der Waals surface area contributed by atoms with Gasteiger partial charge in [-0.1, -0.05) is 38.0 Å². The molecule has 1 aromatic carbocycles. The summed E-state index contributed by atoms with van der Waals surface area (Å²) in [5.74, 6) is -5.14. The van der Waals surface area contributed by atoms with Gasteiger partial charge < -0.3 is 67.2 Å². The average molecular weight is 1140 g/mol. The molecule has 3 amide bonds. The zero-order valence-electron chi connectivity index (χ0n) is 46.1. The Morgan fingerprint density at radius 2 is 1.20 bits per heavy atom. The Labute approximate surface area is 471 Å². The Balaban J connectivity index is 1.37. The van der Waals surface area contributed by atoms with Crippen molar-refractivity contribution in [2.24, 2.45) is 5.92 Å². The topological polar surface area (TPSA) is 393 Å². The normalized spacial score (nSPS) is 16.7. The molecule has 2 aliphatic heterocycles. The van der Waals surface area contributed by atoms with Gasteiger partial charge in [-0.3, -0.25) is 48.4 Å². The highest BCUT2D eigenvalue weighted by Gasteiger charge is 2.28. The lowest BCUT2D eigenvalue weighted by Crippen LogP contribution is -2.53. The highest BCUT2D eigenvalue weighted by Crippen LogP contribution is 2.27. The number of aromatic nitrogens is 3. The van der Waals surface area contributed by atoms with Gasteiger partial charge in [-0.2, -0.15) is 15.0 Å². The number of amides is 3. The van der Waals surface area contributed by atoms with E-state index < -0.39 is 60.5 Å². The first-order chi connectivity index (χ1) is 38.7. The number of aliphatic carboxylic acids is 6. The van der Waals surface area contributed by atoms with Crippen molar-refractivity contribution in [3.05, 3.63) is 42.2 Å². The minimum Gasteiger partial charge on any atom is -0.512 e. The molecule has 2 unspecified atom stereocenters. The number of carboxylic acid groups (broad SMARTS) is 6. The van der Waals surface area contributed by atoms with Gasteiger partial charge in [0.25, 0.3) is 0 Å². The van der Waals surface area contributed by atoms with Crippen LogP contribution in [-0.4, -0.2) is 235 Å². The highest BCUT2D eigenvalue weighted by atomic mass is 16.4. The predicted molar refractivity (Wildman–Crippen MR) is 298 cm³/mol. The van der Waals surface area contributed by atoms with E-state index in [-0.39, 0.29) is 83.4 Å². The van der Waals surface area contributed by atoms with Gasteiger partial charge in [-0.15, -0.1) is 0 Å². The smallest absolute Gasteiger partial charge is 0.326 e. The Kier molecular flexibility index (Phi) is 29.4. The molecule has 0 bridgehead atoms. The zero-order valence-corrected chi connectivity index (χ0v) is 46.1. The van der Waals surface area contributed by atoms with Gasteiger partial charge in [0.2, 0.25) is 23.8 Å². The van der Waals surface area contributed by atoms with Gasteiger partial charge in [0, 0.05) is 96.6 Å². The number of piperidine rings is 1. The van der Waals surface area contributed by atoms with Crippen molar-refractivity contribution < 1.29 is 74.1 Å². The monoisotopic (exact) mass is 1140 g/mol. The van der Waals surface area contributed by atoms with Crippen LogP contribution in [0.1, 0.15) is 95.5 Å². The van der Waals surface area contributed by atoms with Crippen LogP contribution in [0.25, 0.3) is 0 Å². The van der Waals surface area contributed by atoms with Gasteiger partial charge in [0.15, 0.2) is 0 Å². The summed E-state index contributed by atoms with van der Waals surface area (Å²) < 4.78 is 0. The number of carbonyl (C=O) groups excluding carboxylic acids is 2. The predicted octanol–water partition coefficient (Wildman–Crippen LogP) is 2.42. The molecular weight excluding hydrogens is 1060 g/mol. The third-order valence-corrected chi connectivity index (χ3v) is 13.9. The third-order valence-electron chi connectivity index (χ3n) is 13.9. The van der Waals surface area contributed by atoms with Crippen molar-refractivity contribution in [3.8, 4) is 0 Å². The van der Waals surface area contributed by atoms with Crippen molar-refractivity contribution in [2.75, 3.05) is 120 Å².